The summed E-state index contributed by atoms with van der Waals surface area (Å²) in [5.74, 6) is 0.0654. The number of amides is 2. The molecule has 144 valence electrons. The summed E-state index contributed by atoms with van der Waals surface area (Å²) in [4.78, 5) is 29.1. The molecular weight excluding hydrogens is 346 g/mol. The van der Waals surface area contributed by atoms with Crippen molar-refractivity contribution < 1.29 is 14.5 Å². The predicted molar refractivity (Wildman–Crippen MR) is 108 cm³/mol. The molecule has 2 N–H and O–H groups in total. The largest absolute Gasteiger partial charge is 0.338 e. The van der Waals surface area contributed by atoms with Crippen molar-refractivity contribution in [2.75, 3.05) is 32.2 Å². The molecule has 1 unspecified atom stereocenters. The molecule has 5 nitrogen and oxygen atoms in total. The SMILES string of the molecule is CSc1ccccc1NC(=O)C[NH+](C)[C@H](C)C(=O)N(C)C1CCCCC1. The van der Waals surface area contributed by atoms with E-state index in [1.807, 2.05) is 56.4 Å². The quantitative estimate of drug-likeness (QED) is 0.714. The maximum Gasteiger partial charge on any atom is 0.280 e. The number of nitrogens with zero attached hydrogens (tertiary/aromatic N) is 1. The van der Waals surface area contributed by atoms with E-state index in [2.05, 4.69) is 5.32 Å². The fraction of sp³-hybridized carbons (Fsp3) is 0.600. The van der Waals surface area contributed by atoms with Gasteiger partial charge in [-0.15, -0.1) is 11.8 Å². The highest BCUT2D eigenvalue weighted by Crippen LogP contribution is 2.24. The van der Waals surface area contributed by atoms with E-state index >= 15 is 0 Å². The molecule has 1 fully saturated rings. The third-order valence-corrected chi connectivity index (χ3v) is 6.20. The molecule has 0 aliphatic heterocycles. The van der Waals surface area contributed by atoms with Gasteiger partial charge in [0.05, 0.1) is 12.7 Å². The summed E-state index contributed by atoms with van der Waals surface area (Å²) in [6, 6.07) is 7.89. The number of carbonyl (C=O) groups is 2. The number of anilines is 1. The number of hydrogen-bond acceptors (Lipinski definition) is 3. The molecule has 2 amide bonds. The van der Waals surface area contributed by atoms with Crippen LogP contribution in [0.5, 0.6) is 0 Å². The van der Waals surface area contributed by atoms with Crippen LogP contribution in [0.15, 0.2) is 29.2 Å². The van der Waals surface area contributed by atoms with E-state index in [4.69, 9.17) is 0 Å². The van der Waals surface area contributed by atoms with Gasteiger partial charge in [0.25, 0.3) is 11.8 Å². The van der Waals surface area contributed by atoms with Crippen molar-refractivity contribution in [3.05, 3.63) is 24.3 Å². The first-order chi connectivity index (χ1) is 12.4. The standard InChI is InChI=1S/C20H31N3O2S/c1-15(20(25)23(3)16-10-6-5-7-11-16)22(2)14-19(24)21-17-12-8-9-13-18(17)26-4/h8-9,12-13,15-16H,5-7,10-11,14H2,1-4H3,(H,21,24)/p+1/t15-/m1/s1. The number of hydrogen-bond donors (Lipinski definition) is 2. The van der Waals surface area contributed by atoms with Crippen LogP contribution in [0.1, 0.15) is 39.0 Å². The number of rotatable bonds is 7. The topological polar surface area (TPSA) is 53.9 Å². The lowest BCUT2D eigenvalue weighted by Gasteiger charge is -2.33. The molecule has 1 aromatic rings. The van der Waals surface area contributed by atoms with Crippen molar-refractivity contribution >= 4 is 29.3 Å². The third kappa shape index (κ3) is 5.48. The lowest BCUT2D eigenvalue weighted by Crippen LogP contribution is -3.15. The monoisotopic (exact) mass is 378 g/mol. The number of thioether (sulfide) groups is 1. The first kappa shape index (κ1) is 20.8. The minimum atomic E-state index is -0.233. The lowest BCUT2D eigenvalue weighted by atomic mass is 9.94. The van der Waals surface area contributed by atoms with Gasteiger partial charge < -0.3 is 15.1 Å². The van der Waals surface area contributed by atoms with E-state index in [1.165, 1.54) is 19.3 Å². The molecular formula is C20H32N3O2S+. The smallest absolute Gasteiger partial charge is 0.280 e. The summed E-state index contributed by atoms with van der Waals surface area (Å²) in [6.07, 6.45) is 7.87. The van der Waals surface area contributed by atoms with Gasteiger partial charge in [-0.3, -0.25) is 9.59 Å². The van der Waals surface area contributed by atoms with E-state index in [-0.39, 0.29) is 24.4 Å². The second-order valence-electron chi connectivity index (χ2n) is 7.23. The summed E-state index contributed by atoms with van der Waals surface area (Å²) in [6.45, 7) is 2.19. The Labute approximate surface area is 161 Å². The Kier molecular flexibility index (Phi) is 7.97. The highest BCUT2D eigenvalue weighted by molar-refractivity contribution is 7.98. The molecule has 0 saturated heterocycles. The van der Waals surface area contributed by atoms with Crippen LogP contribution >= 0.6 is 11.8 Å². The fourth-order valence-corrected chi connectivity index (χ4v) is 4.07. The van der Waals surface area contributed by atoms with Gasteiger partial charge in [-0.1, -0.05) is 31.4 Å². The third-order valence-electron chi connectivity index (χ3n) is 5.40. The van der Waals surface area contributed by atoms with Gasteiger partial charge in [-0.05, 0) is 38.2 Å². The van der Waals surface area contributed by atoms with Crippen LogP contribution in [0.25, 0.3) is 0 Å². The Morgan fingerprint density at radius 2 is 1.92 bits per heavy atom. The Morgan fingerprint density at radius 3 is 2.58 bits per heavy atom. The van der Waals surface area contributed by atoms with Crippen LogP contribution in [0.2, 0.25) is 0 Å². The predicted octanol–water partition coefficient (Wildman–Crippen LogP) is 2.04. The summed E-state index contributed by atoms with van der Waals surface area (Å²) in [7, 11) is 3.83. The average Bonchev–Trinajstić information content (AvgIpc) is 2.67. The van der Waals surface area contributed by atoms with Gasteiger partial charge >= 0.3 is 0 Å². The highest BCUT2D eigenvalue weighted by Gasteiger charge is 2.30. The lowest BCUT2D eigenvalue weighted by molar-refractivity contribution is -0.886. The zero-order chi connectivity index (χ0) is 19.1. The molecule has 1 aromatic carbocycles. The maximum atomic E-state index is 12.8. The number of carbonyl (C=O) groups excluding carboxylic acids is 2. The summed E-state index contributed by atoms with van der Waals surface area (Å²) in [5.41, 5.74) is 0.830. The van der Waals surface area contributed by atoms with Crippen LogP contribution in [0.3, 0.4) is 0 Å². The van der Waals surface area contributed by atoms with Gasteiger partial charge in [-0.2, -0.15) is 0 Å². The van der Waals surface area contributed by atoms with Crippen molar-refractivity contribution in [3.63, 3.8) is 0 Å². The van der Waals surface area contributed by atoms with Gasteiger partial charge in [-0.25, -0.2) is 0 Å². The minimum Gasteiger partial charge on any atom is -0.338 e. The van der Waals surface area contributed by atoms with E-state index in [0.717, 1.165) is 28.3 Å². The first-order valence-corrected chi connectivity index (χ1v) is 10.7. The van der Waals surface area contributed by atoms with Crippen LogP contribution < -0.4 is 10.2 Å². The second kappa shape index (κ2) is 9.97. The zero-order valence-corrected chi connectivity index (χ0v) is 17.2. The van der Waals surface area contributed by atoms with E-state index in [1.54, 1.807) is 11.8 Å². The minimum absolute atomic E-state index is 0.0658. The first-order valence-electron chi connectivity index (χ1n) is 9.46. The van der Waals surface area contributed by atoms with E-state index < -0.39 is 0 Å². The Balaban J connectivity index is 1.89. The van der Waals surface area contributed by atoms with Gasteiger partial charge in [0.1, 0.15) is 0 Å². The molecule has 0 spiro atoms. The van der Waals surface area contributed by atoms with Crippen LogP contribution in [0.4, 0.5) is 5.69 Å². The molecule has 0 aromatic heterocycles. The summed E-state index contributed by atoms with van der Waals surface area (Å²) in [5, 5.41) is 2.97. The van der Waals surface area contributed by atoms with Crippen molar-refractivity contribution in [3.8, 4) is 0 Å². The van der Waals surface area contributed by atoms with Crippen molar-refractivity contribution in [1.82, 2.24) is 4.90 Å². The molecule has 0 heterocycles. The second-order valence-corrected chi connectivity index (χ2v) is 8.08. The molecule has 26 heavy (non-hydrogen) atoms. The van der Waals surface area contributed by atoms with E-state index in [0.29, 0.717) is 6.04 Å². The summed E-state index contributed by atoms with van der Waals surface area (Å²) < 4.78 is 0. The number of quaternary nitrogens is 1. The number of benzene rings is 1. The molecule has 1 aliphatic carbocycles. The van der Waals surface area contributed by atoms with Crippen LogP contribution in [0, 0.1) is 0 Å². The molecule has 2 atom stereocenters. The molecule has 6 heteroatoms. The number of nitrogens with one attached hydrogen (secondary N) is 2. The van der Waals surface area contributed by atoms with Crippen LogP contribution in [-0.4, -0.2) is 55.7 Å². The van der Waals surface area contributed by atoms with Gasteiger partial charge in [0.2, 0.25) is 0 Å². The van der Waals surface area contributed by atoms with E-state index in [9.17, 15) is 9.59 Å². The molecule has 0 radical (unpaired) electrons. The number of para-hydroxylation sites is 1. The van der Waals surface area contributed by atoms with Crippen molar-refractivity contribution in [2.45, 2.75) is 56.0 Å². The van der Waals surface area contributed by atoms with Crippen molar-refractivity contribution in [1.29, 1.82) is 0 Å². The average molecular weight is 379 g/mol. The normalized spacial score (nSPS) is 17.4. The zero-order valence-electron chi connectivity index (χ0n) is 16.4. The molecule has 1 aliphatic rings. The fourth-order valence-electron chi connectivity index (χ4n) is 3.51. The Bertz CT molecular complexity index is 617. The molecule has 0 bridgehead atoms. The Hall–Kier alpha value is -1.53. The summed E-state index contributed by atoms with van der Waals surface area (Å²) >= 11 is 1.60. The maximum absolute atomic E-state index is 12.8. The van der Waals surface area contributed by atoms with Gasteiger partial charge in [0, 0.05) is 18.0 Å². The number of likely N-dealkylation sites (N-methyl/N-ethyl adjacent to an activating group) is 2. The Morgan fingerprint density at radius 1 is 1.27 bits per heavy atom. The van der Waals surface area contributed by atoms with Gasteiger partial charge in [0.15, 0.2) is 12.6 Å². The molecule has 1 saturated carbocycles. The van der Waals surface area contributed by atoms with Crippen LogP contribution in [-0.2, 0) is 9.59 Å². The van der Waals surface area contributed by atoms with Crippen molar-refractivity contribution in [2.24, 2.45) is 0 Å². The highest BCUT2D eigenvalue weighted by atomic mass is 32.2. The molecule has 2 rings (SSSR count).